The summed E-state index contributed by atoms with van der Waals surface area (Å²) in [6.45, 7) is 0.537. The minimum Gasteiger partial charge on any atom is -0.506 e. The number of benzene rings is 2. The normalized spacial score (nSPS) is 12.8. The zero-order valence-electron chi connectivity index (χ0n) is 14.3. The maximum absolute atomic E-state index is 12.9. The van der Waals surface area contributed by atoms with Crippen LogP contribution in [0.4, 0.5) is 5.69 Å². The Morgan fingerprint density at radius 3 is 2.69 bits per heavy atom. The number of para-hydroxylation sites is 1. The topological polar surface area (TPSA) is 80.6 Å². The van der Waals surface area contributed by atoms with Gasteiger partial charge in [0.2, 0.25) is 0 Å². The molecule has 1 amide bonds. The van der Waals surface area contributed by atoms with Gasteiger partial charge in [-0.05, 0) is 48.7 Å². The van der Waals surface area contributed by atoms with Crippen LogP contribution in [0, 0.1) is 0 Å². The number of nitrogens with one attached hydrogen (secondary N) is 1. The van der Waals surface area contributed by atoms with Crippen molar-refractivity contribution >= 4 is 22.5 Å². The van der Waals surface area contributed by atoms with Gasteiger partial charge in [-0.2, -0.15) is 0 Å². The fourth-order valence-corrected chi connectivity index (χ4v) is 3.49. The fourth-order valence-electron chi connectivity index (χ4n) is 3.49. The largest absolute Gasteiger partial charge is 0.506 e. The van der Waals surface area contributed by atoms with Crippen molar-refractivity contribution in [2.24, 2.45) is 0 Å². The maximum atomic E-state index is 12.9. The lowest BCUT2D eigenvalue weighted by molar-refractivity contribution is 0.102. The van der Waals surface area contributed by atoms with Gasteiger partial charge in [-0.25, -0.2) is 0 Å². The van der Waals surface area contributed by atoms with E-state index in [1.165, 1.54) is 0 Å². The highest BCUT2D eigenvalue weighted by Crippen LogP contribution is 2.31. The van der Waals surface area contributed by atoms with Crippen LogP contribution in [0.25, 0.3) is 10.9 Å². The van der Waals surface area contributed by atoms with Gasteiger partial charge in [-0.15, -0.1) is 0 Å². The van der Waals surface area contributed by atoms with E-state index in [1.54, 1.807) is 42.0 Å². The number of amides is 1. The first-order valence-electron chi connectivity index (χ1n) is 8.43. The summed E-state index contributed by atoms with van der Waals surface area (Å²) in [5.74, 6) is -0.233. The van der Waals surface area contributed by atoms with E-state index in [0.29, 0.717) is 23.4 Å². The van der Waals surface area contributed by atoms with Gasteiger partial charge in [-0.3, -0.25) is 9.59 Å². The van der Waals surface area contributed by atoms with Gasteiger partial charge in [0.15, 0.2) is 0 Å². The summed E-state index contributed by atoms with van der Waals surface area (Å²) in [5, 5.41) is 13.8. The summed E-state index contributed by atoms with van der Waals surface area (Å²) in [4.78, 5) is 25.6. The molecule has 1 aliphatic heterocycles. The molecular formula is C20H18N2O4. The Balaban J connectivity index is 1.81. The Morgan fingerprint density at radius 1 is 1.19 bits per heavy atom. The molecule has 0 bridgehead atoms. The van der Waals surface area contributed by atoms with Crippen LogP contribution in [-0.2, 0) is 13.0 Å². The molecule has 26 heavy (non-hydrogen) atoms. The number of methoxy groups -OCH3 is 1. The van der Waals surface area contributed by atoms with Crippen molar-refractivity contribution in [1.82, 2.24) is 4.57 Å². The second kappa shape index (κ2) is 6.22. The Morgan fingerprint density at radius 2 is 1.96 bits per heavy atom. The number of aromatic nitrogens is 1. The number of anilines is 1. The molecule has 1 aliphatic rings. The van der Waals surface area contributed by atoms with E-state index in [2.05, 4.69) is 5.32 Å². The molecule has 2 N–H and O–H groups in total. The van der Waals surface area contributed by atoms with Gasteiger partial charge in [0.25, 0.3) is 11.5 Å². The monoisotopic (exact) mass is 350 g/mol. The second-order valence-electron chi connectivity index (χ2n) is 6.28. The lowest BCUT2D eigenvalue weighted by atomic mass is 9.99. The minimum atomic E-state index is -0.626. The van der Waals surface area contributed by atoms with Crippen molar-refractivity contribution in [1.29, 1.82) is 0 Å². The van der Waals surface area contributed by atoms with Crippen molar-refractivity contribution in [3.8, 4) is 11.5 Å². The Hall–Kier alpha value is -3.28. The predicted molar refractivity (Wildman–Crippen MR) is 99.1 cm³/mol. The molecule has 0 fully saturated rings. The average Bonchev–Trinajstić information content (AvgIpc) is 2.66. The van der Waals surface area contributed by atoms with E-state index in [1.807, 2.05) is 12.1 Å². The quantitative estimate of drug-likeness (QED) is 0.761. The molecule has 4 rings (SSSR count). The average molecular weight is 350 g/mol. The van der Waals surface area contributed by atoms with Gasteiger partial charge >= 0.3 is 0 Å². The summed E-state index contributed by atoms with van der Waals surface area (Å²) in [7, 11) is 1.56. The number of aryl methyl sites for hydroxylation is 2. The number of hydrogen-bond donors (Lipinski definition) is 2. The third-order valence-electron chi connectivity index (χ3n) is 4.74. The van der Waals surface area contributed by atoms with Gasteiger partial charge in [0.05, 0.1) is 12.6 Å². The van der Waals surface area contributed by atoms with E-state index in [4.69, 9.17) is 4.74 Å². The van der Waals surface area contributed by atoms with Gasteiger partial charge in [0.1, 0.15) is 17.1 Å². The van der Waals surface area contributed by atoms with Crippen molar-refractivity contribution in [3.63, 3.8) is 0 Å². The molecule has 6 heteroatoms. The molecule has 2 aromatic carbocycles. The Bertz CT molecular complexity index is 1070. The third kappa shape index (κ3) is 2.50. The molecule has 0 aliphatic carbocycles. The molecule has 0 spiro atoms. The van der Waals surface area contributed by atoms with Crippen LogP contribution in [0.1, 0.15) is 22.3 Å². The number of aromatic hydroxyl groups is 1. The SMILES string of the molecule is COc1ccc(NC(=O)c2c(O)c3cccc4c3n(c2=O)CCC4)cc1. The highest BCUT2D eigenvalue weighted by molar-refractivity contribution is 6.09. The molecule has 1 aromatic heterocycles. The van der Waals surface area contributed by atoms with Crippen molar-refractivity contribution < 1.29 is 14.6 Å². The number of carbonyl (C=O) groups is 1. The number of rotatable bonds is 3. The molecule has 6 nitrogen and oxygen atoms in total. The number of carbonyl (C=O) groups excluding carboxylic acids is 1. The molecule has 0 saturated heterocycles. The first-order chi connectivity index (χ1) is 12.6. The van der Waals surface area contributed by atoms with E-state index in [-0.39, 0.29) is 11.3 Å². The van der Waals surface area contributed by atoms with Crippen LogP contribution in [0.2, 0.25) is 0 Å². The predicted octanol–water partition coefficient (Wildman–Crippen LogP) is 2.91. The summed E-state index contributed by atoms with van der Waals surface area (Å²) in [6, 6.07) is 12.3. The summed E-state index contributed by atoms with van der Waals surface area (Å²) in [6.07, 6.45) is 1.68. The molecule has 0 unspecified atom stereocenters. The number of hydrogen-bond acceptors (Lipinski definition) is 4. The minimum absolute atomic E-state index is 0.229. The van der Waals surface area contributed by atoms with E-state index < -0.39 is 11.5 Å². The molecular weight excluding hydrogens is 332 g/mol. The third-order valence-corrected chi connectivity index (χ3v) is 4.74. The van der Waals surface area contributed by atoms with Crippen molar-refractivity contribution in [2.75, 3.05) is 12.4 Å². The molecule has 132 valence electrons. The molecule has 0 saturated carbocycles. The molecule has 0 radical (unpaired) electrons. The van der Waals surface area contributed by atoms with Crippen LogP contribution in [0.3, 0.4) is 0 Å². The first-order valence-corrected chi connectivity index (χ1v) is 8.43. The first kappa shape index (κ1) is 16.2. The zero-order valence-corrected chi connectivity index (χ0v) is 14.3. The summed E-state index contributed by atoms with van der Waals surface area (Å²) < 4.78 is 6.68. The fraction of sp³-hybridized carbons (Fsp3) is 0.200. The summed E-state index contributed by atoms with van der Waals surface area (Å²) >= 11 is 0. The standard InChI is InChI=1S/C20H18N2O4/c1-26-14-9-7-13(8-10-14)21-19(24)16-18(23)15-6-2-4-12-5-3-11-22(17(12)15)20(16)25/h2,4,6-10,23H,3,5,11H2,1H3,(H,21,24). The van der Waals surface area contributed by atoms with Crippen LogP contribution >= 0.6 is 0 Å². The highest BCUT2D eigenvalue weighted by atomic mass is 16.5. The summed E-state index contributed by atoms with van der Waals surface area (Å²) in [5.41, 5.74) is 1.56. The van der Waals surface area contributed by atoms with E-state index >= 15 is 0 Å². The van der Waals surface area contributed by atoms with E-state index in [0.717, 1.165) is 23.9 Å². The van der Waals surface area contributed by atoms with Gasteiger partial charge in [-0.1, -0.05) is 12.1 Å². The Kier molecular flexibility index (Phi) is 3.88. The molecule has 0 atom stereocenters. The number of pyridine rings is 1. The number of nitrogens with zero attached hydrogens (tertiary/aromatic N) is 1. The van der Waals surface area contributed by atoms with E-state index in [9.17, 15) is 14.7 Å². The zero-order chi connectivity index (χ0) is 18.3. The van der Waals surface area contributed by atoms with Crippen LogP contribution in [-0.4, -0.2) is 22.7 Å². The molecule has 3 aromatic rings. The lowest BCUT2D eigenvalue weighted by Gasteiger charge is -2.21. The van der Waals surface area contributed by atoms with Crippen molar-refractivity contribution in [2.45, 2.75) is 19.4 Å². The van der Waals surface area contributed by atoms with Crippen LogP contribution in [0.5, 0.6) is 11.5 Å². The second-order valence-corrected chi connectivity index (χ2v) is 6.28. The number of ether oxygens (including phenoxy) is 1. The lowest BCUT2D eigenvalue weighted by Crippen LogP contribution is -2.31. The smallest absolute Gasteiger partial charge is 0.267 e. The van der Waals surface area contributed by atoms with Crippen LogP contribution in [0.15, 0.2) is 47.3 Å². The maximum Gasteiger partial charge on any atom is 0.267 e. The highest BCUT2D eigenvalue weighted by Gasteiger charge is 2.25. The van der Waals surface area contributed by atoms with Gasteiger partial charge in [0, 0.05) is 17.6 Å². The van der Waals surface area contributed by atoms with Gasteiger partial charge < -0.3 is 19.7 Å². The van der Waals surface area contributed by atoms with Crippen LogP contribution < -0.4 is 15.6 Å². The molecule has 2 heterocycles. The Labute approximate surface area is 149 Å². The van der Waals surface area contributed by atoms with Crippen molar-refractivity contribution in [3.05, 3.63) is 63.9 Å².